The maximum Gasteiger partial charge on any atom is 0.472 e. The van der Waals surface area contributed by atoms with Crippen molar-refractivity contribution in [1.82, 2.24) is 0 Å². The lowest BCUT2D eigenvalue weighted by atomic mass is 10.1. The van der Waals surface area contributed by atoms with Gasteiger partial charge in [-0.05, 0) is 25.7 Å². The number of esters is 4. The van der Waals surface area contributed by atoms with Crippen LogP contribution in [0.25, 0.3) is 0 Å². The fourth-order valence-corrected chi connectivity index (χ4v) is 8.56. The predicted octanol–water partition coefficient (Wildman–Crippen LogP) is 12.1. The number of unbranched alkanes of at least 4 members (excludes halogenated alkanes) is 24. The molecule has 0 aromatic rings. The molecule has 68 heavy (non-hydrogen) atoms. The molecule has 0 amide bonds. The Kier molecular flexibility index (Phi) is 43.7. The van der Waals surface area contributed by atoms with Crippen LogP contribution in [0.15, 0.2) is 0 Å². The molecule has 0 fully saturated rings. The SMILES string of the molecule is CCCCCCCCCCCC(=O)OC[C@H](COP(=O)(O)OC[C@@H](O)COP(=O)(O)OC[C@@H](COC(=O)CCCCCCC)OC(=O)CCCCCCC)OC(=O)CCCCCCCCCCC. The van der Waals surface area contributed by atoms with Crippen molar-refractivity contribution in [2.24, 2.45) is 0 Å². The van der Waals surface area contributed by atoms with Crippen LogP contribution in [0.4, 0.5) is 0 Å². The Bertz CT molecular complexity index is 1350. The zero-order valence-corrected chi connectivity index (χ0v) is 44.3. The molecule has 0 aliphatic heterocycles. The molecule has 0 aliphatic carbocycles. The monoisotopic (exact) mass is 1020 g/mol. The molecule has 402 valence electrons. The van der Waals surface area contributed by atoms with Crippen molar-refractivity contribution in [3.05, 3.63) is 0 Å². The van der Waals surface area contributed by atoms with E-state index in [0.717, 1.165) is 96.3 Å². The Balaban J connectivity index is 5.14. The quantitative estimate of drug-likeness (QED) is 0.0222. The molecule has 0 saturated carbocycles. The van der Waals surface area contributed by atoms with E-state index in [4.69, 9.17) is 37.0 Å². The van der Waals surface area contributed by atoms with E-state index in [2.05, 4.69) is 27.7 Å². The Hall–Kier alpha value is -1.94. The first-order valence-corrected chi connectivity index (χ1v) is 29.3. The first-order valence-electron chi connectivity index (χ1n) is 26.3. The normalized spacial score (nSPS) is 14.6. The molecule has 19 heteroatoms. The van der Waals surface area contributed by atoms with Gasteiger partial charge in [-0.2, -0.15) is 0 Å². The van der Waals surface area contributed by atoms with Crippen molar-refractivity contribution in [2.45, 2.75) is 251 Å². The van der Waals surface area contributed by atoms with Gasteiger partial charge in [0.2, 0.25) is 0 Å². The summed E-state index contributed by atoms with van der Waals surface area (Å²) in [6, 6.07) is 0. The van der Waals surface area contributed by atoms with Gasteiger partial charge >= 0.3 is 39.5 Å². The number of hydrogen-bond acceptors (Lipinski definition) is 15. The van der Waals surface area contributed by atoms with Crippen molar-refractivity contribution < 1.29 is 80.2 Å². The molecule has 5 atom stereocenters. The molecular formula is C49H94O17P2. The lowest BCUT2D eigenvalue weighted by Crippen LogP contribution is -2.30. The minimum atomic E-state index is -4.92. The van der Waals surface area contributed by atoms with Crippen LogP contribution >= 0.6 is 15.6 Å². The lowest BCUT2D eigenvalue weighted by Gasteiger charge is -2.21. The fourth-order valence-electron chi connectivity index (χ4n) is 6.98. The van der Waals surface area contributed by atoms with Crippen molar-refractivity contribution >= 4 is 39.5 Å². The number of carbonyl (C=O) groups is 4. The summed E-state index contributed by atoms with van der Waals surface area (Å²) in [6.07, 6.45) is 24.6. The Morgan fingerprint density at radius 1 is 0.353 bits per heavy atom. The second-order valence-electron chi connectivity index (χ2n) is 17.8. The molecule has 0 bridgehead atoms. The first-order chi connectivity index (χ1) is 32.7. The Labute approximate surface area is 409 Å². The van der Waals surface area contributed by atoms with E-state index in [-0.39, 0.29) is 25.7 Å². The largest absolute Gasteiger partial charge is 0.472 e. The van der Waals surface area contributed by atoms with E-state index >= 15 is 0 Å². The van der Waals surface area contributed by atoms with Crippen LogP contribution < -0.4 is 0 Å². The highest BCUT2D eigenvalue weighted by Crippen LogP contribution is 2.45. The van der Waals surface area contributed by atoms with E-state index in [0.29, 0.717) is 25.7 Å². The molecular weight excluding hydrogens is 922 g/mol. The molecule has 0 heterocycles. The first kappa shape index (κ1) is 66.1. The number of ether oxygens (including phenoxy) is 4. The highest BCUT2D eigenvalue weighted by molar-refractivity contribution is 7.47. The van der Waals surface area contributed by atoms with E-state index in [1.54, 1.807) is 0 Å². The van der Waals surface area contributed by atoms with E-state index in [9.17, 15) is 43.2 Å². The average Bonchev–Trinajstić information content (AvgIpc) is 3.30. The third-order valence-electron chi connectivity index (χ3n) is 11.1. The van der Waals surface area contributed by atoms with Gasteiger partial charge in [-0.25, -0.2) is 9.13 Å². The van der Waals surface area contributed by atoms with Crippen LogP contribution in [0.5, 0.6) is 0 Å². The molecule has 0 aromatic heterocycles. The summed E-state index contributed by atoms with van der Waals surface area (Å²) in [5.74, 6) is -2.18. The number of phosphoric acid groups is 2. The summed E-state index contributed by atoms with van der Waals surface area (Å²) in [6.45, 7) is 4.56. The standard InChI is InChI=1S/C49H94O17P2/c1-5-9-13-17-19-21-23-27-30-34-47(52)60-40-45(66-49(54)36-32-28-24-22-20-18-14-10-6-2)42-64-68(57,58)62-38-43(50)37-61-67(55,56)63-41-44(65-48(53)35-31-26-16-12-8-4)39-59-46(51)33-29-25-15-11-7-3/h43-45,50H,5-42H2,1-4H3,(H,55,56)(H,57,58)/t43-,44+,45+/m0/s1. The van der Waals surface area contributed by atoms with Crippen LogP contribution in [0.2, 0.25) is 0 Å². The molecule has 0 aliphatic rings. The summed E-state index contributed by atoms with van der Waals surface area (Å²) in [5, 5.41) is 10.4. The number of phosphoric ester groups is 2. The van der Waals surface area contributed by atoms with Crippen LogP contribution in [0.1, 0.15) is 233 Å². The van der Waals surface area contributed by atoms with Gasteiger partial charge in [-0.1, -0.05) is 182 Å². The fraction of sp³-hybridized carbons (Fsp3) is 0.918. The smallest absolute Gasteiger partial charge is 0.462 e. The van der Waals surface area contributed by atoms with E-state index in [1.165, 1.54) is 57.8 Å². The third kappa shape index (κ3) is 44.0. The topological polar surface area (TPSA) is 237 Å². The maximum atomic E-state index is 12.8. The van der Waals surface area contributed by atoms with Crippen molar-refractivity contribution in [3.8, 4) is 0 Å². The number of carbonyl (C=O) groups excluding carboxylic acids is 4. The Morgan fingerprint density at radius 3 is 0.868 bits per heavy atom. The zero-order valence-electron chi connectivity index (χ0n) is 42.6. The number of rotatable bonds is 50. The van der Waals surface area contributed by atoms with Gasteiger partial charge in [0.25, 0.3) is 0 Å². The summed E-state index contributed by atoms with van der Waals surface area (Å²) in [4.78, 5) is 70.9. The minimum absolute atomic E-state index is 0.0988. The Morgan fingerprint density at radius 2 is 0.588 bits per heavy atom. The molecule has 0 radical (unpaired) electrons. The van der Waals surface area contributed by atoms with E-state index < -0.39 is 97.5 Å². The second kappa shape index (κ2) is 45.0. The summed E-state index contributed by atoms with van der Waals surface area (Å²) >= 11 is 0. The molecule has 0 aromatic carbocycles. The number of hydrogen-bond donors (Lipinski definition) is 3. The predicted molar refractivity (Wildman–Crippen MR) is 262 cm³/mol. The van der Waals surface area contributed by atoms with Crippen LogP contribution in [0, 0.1) is 0 Å². The van der Waals surface area contributed by atoms with Gasteiger partial charge in [0, 0.05) is 25.7 Å². The van der Waals surface area contributed by atoms with Crippen molar-refractivity contribution in [1.29, 1.82) is 0 Å². The summed E-state index contributed by atoms with van der Waals surface area (Å²) in [7, 11) is -9.83. The van der Waals surface area contributed by atoms with Gasteiger partial charge in [0.1, 0.15) is 19.3 Å². The number of aliphatic hydroxyl groups is 1. The zero-order chi connectivity index (χ0) is 50.6. The summed E-state index contributed by atoms with van der Waals surface area (Å²) < 4.78 is 66.8. The summed E-state index contributed by atoms with van der Waals surface area (Å²) in [5.41, 5.74) is 0. The average molecular weight is 1020 g/mol. The van der Waals surface area contributed by atoms with Crippen LogP contribution in [-0.4, -0.2) is 96.7 Å². The molecule has 0 saturated heterocycles. The van der Waals surface area contributed by atoms with Crippen molar-refractivity contribution in [3.63, 3.8) is 0 Å². The van der Waals surface area contributed by atoms with E-state index in [1.807, 2.05) is 0 Å². The van der Waals surface area contributed by atoms with Crippen LogP contribution in [0.3, 0.4) is 0 Å². The van der Waals surface area contributed by atoms with Crippen LogP contribution in [-0.2, 0) is 65.4 Å². The highest BCUT2D eigenvalue weighted by Gasteiger charge is 2.30. The van der Waals surface area contributed by atoms with Gasteiger partial charge < -0.3 is 33.8 Å². The van der Waals surface area contributed by atoms with Gasteiger partial charge in [0.05, 0.1) is 26.4 Å². The lowest BCUT2D eigenvalue weighted by molar-refractivity contribution is -0.161. The van der Waals surface area contributed by atoms with Gasteiger partial charge in [-0.3, -0.25) is 37.3 Å². The molecule has 0 spiro atoms. The molecule has 0 rings (SSSR count). The second-order valence-corrected chi connectivity index (χ2v) is 20.8. The maximum absolute atomic E-state index is 12.8. The molecule has 17 nitrogen and oxygen atoms in total. The highest BCUT2D eigenvalue weighted by atomic mass is 31.2. The van der Waals surface area contributed by atoms with Gasteiger partial charge in [-0.15, -0.1) is 0 Å². The van der Waals surface area contributed by atoms with Crippen molar-refractivity contribution in [2.75, 3.05) is 39.6 Å². The number of aliphatic hydroxyl groups excluding tert-OH is 1. The third-order valence-corrected chi connectivity index (χ3v) is 13.0. The molecule has 2 unspecified atom stereocenters. The van der Waals surface area contributed by atoms with Gasteiger partial charge in [0.15, 0.2) is 12.2 Å². The molecule has 3 N–H and O–H groups in total. The minimum Gasteiger partial charge on any atom is -0.462 e.